The molecule has 0 aliphatic rings. The van der Waals surface area contributed by atoms with Gasteiger partial charge in [-0.05, 0) is 40.4 Å². The van der Waals surface area contributed by atoms with Crippen LogP contribution in [0.1, 0.15) is 27.2 Å². The molecular weight excluding hydrogens is 248 g/mol. The van der Waals surface area contributed by atoms with E-state index in [2.05, 4.69) is 11.8 Å². The van der Waals surface area contributed by atoms with Crippen LogP contribution in [0.15, 0.2) is 0 Å². The van der Waals surface area contributed by atoms with E-state index in [4.69, 9.17) is 9.16 Å². The van der Waals surface area contributed by atoms with E-state index in [1.165, 1.54) is 0 Å². The maximum absolute atomic E-state index is 11.4. The number of hydrogen-bond acceptors (Lipinski definition) is 4. The summed E-state index contributed by atoms with van der Waals surface area (Å²) >= 11 is 0. The summed E-state index contributed by atoms with van der Waals surface area (Å²) in [6, 6.07) is 0. The number of carbonyl (C=O) groups excluding carboxylic acids is 2. The number of carbonyl (C=O) groups is 2. The Hall–Kier alpha value is -1.28. The molecule has 102 valence electrons. The Balaban J connectivity index is 3.95. The molecule has 0 unspecified atom stereocenters. The van der Waals surface area contributed by atoms with Gasteiger partial charge in [0.1, 0.15) is 6.42 Å². The second-order valence-electron chi connectivity index (χ2n) is 5.94. The van der Waals surface area contributed by atoms with E-state index >= 15 is 0 Å². The van der Waals surface area contributed by atoms with E-state index in [0.717, 1.165) is 0 Å². The first-order valence-electron chi connectivity index (χ1n) is 5.87. The van der Waals surface area contributed by atoms with Crippen molar-refractivity contribution in [2.24, 2.45) is 5.41 Å². The summed E-state index contributed by atoms with van der Waals surface area (Å²) < 4.78 is 10.1. The van der Waals surface area contributed by atoms with Gasteiger partial charge < -0.3 is 9.16 Å². The molecule has 18 heavy (non-hydrogen) atoms. The molecule has 0 radical (unpaired) electrons. The molecule has 5 heteroatoms. The van der Waals surface area contributed by atoms with Crippen molar-refractivity contribution in [2.75, 3.05) is 6.61 Å². The van der Waals surface area contributed by atoms with Crippen molar-refractivity contribution in [1.29, 1.82) is 0 Å². The summed E-state index contributed by atoms with van der Waals surface area (Å²) in [7, 11) is -1.83. The van der Waals surface area contributed by atoms with Gasteiger partial charge in [-0.1, -0.05) is 11.8 Å². The highest BCUT2D eigenvalue weighted by Gasteiger charge is 2.22. The van der Waals surface area contributed by atoms with Crippen molar-refractivity contribution >= 4 is 20.3 Å². The highest BCUT2D eigenvalue weighted by Crippen LogP contribution is 2.14. The molecule has 0 aromatic carbocycles. The van der Waals surface area contributed by atoms with Crippen molar-refractivity contribution in [2.45, 2.75) is 46.8 Å². The van der Waals surface area contributed by atoms with E-state index in [0.29, 0.717) is 0 Å². The van der Waals surface area contributed by atoms with Gasteiger partial charge >= 0.3 is 11.9 Å². The quantitative estimate of drug-likeness (QED) is 0.449. The third kappa shape index (κ3) is 8.82. The summed E-state index contributed by atoms with van der Waals surface area (Å²) in [4.78, 5) is 22.7. The SMILES string of the molecule is CC(C)(C)C(=O)OCC#CCC(=O)O[Si](C)(C)C. The molecule has 0 N–H and O–H groups in total. The minimum atomic E-state index is -1.83. The highest BCUT2D eigenvalue weighted by molar-refractivity contribution is 6.71. The Morgan fingerprint density at radius 2 is 1.67 bits per heavy atom. The summed E-state index contributed by atoms with van der Waals surface area (Å²) in [5, 5.41) is 0. The van der Waals surface area contributed by atoms with Crippen LogP contribution in [0.4, 0.5) is 0 Å². The van der Waals surface area contributed by atoms with E-state index in [1.807, 2.05) is 19.6 Å². The van der Waals surface area contributed by atoms with Gasteiger partial charge in [-0.2, -0.15) is 0 Å². The average molecular weight is 270 g/mol. The van der Waals surface area contributed by atoms with Gasteiger partial charge in [0.2, 0.25) is 8.32 Å². The summed E-state index contributed by atoms with van der Waals surface area (Å²) in [6.45, 7) is 11.1. The third-order valence-corrected chi connectivity index (χ3v) is 2.51. The molecule has 0 aliphatic heterocycles. The minimum absolute atomic E-state index is 0.0102. The Morgan fingerprint density at radius 1 is 1.11 bits per heavy atom. The minimum Gasteiger partial charge on any atom is -0.519 e. The van der Waals surface area contributed by atoms with Crippen molar-refractivity contribution in [3.8, 4) is 11.8 Å². The van der Waals surface area contributed by atoms with Crippen LogP contribution in [0.2, 0.25) is 19.6 Å². The van der Waals surface area contributed by atoms with Crippen LogP contribution in [0, 0.1) is 17.3 Å². The van der Waals surface area contributed by atoms with Crippen molar-refractivity contribution in [3.05, 3.63) is 0 Å². The highest BCUT2D eigenvalue weighted by atomic mass is 28.4. The van der Waals surface area contributed by atoms with Crippen molar-refractivity contribution < 1.29 is 18.8 Å². The molecule has 0 spiro atoms. The lowest BCUT2D eigenvalue weighted by Gasteiger charge is -2.16. The van der Waals surface area contributed by atoms with Gasteiger partial charge in [0, 0.05) is 0 Å². The van der Waals surface area contributed by atoms with Crippen LogP contribution in [0.25, 0.3) is 0 Å². The fraction of sp³-hybridized carbons (Fsp3) is 0.692. The van der Waals surface area contributed by atoms with E-state index in [-0.39, 0.29) is 25.0 Å². The number of esters is 1. The van der Waals surface area contributed by atoms with Crippen molar-refractivity contribution in [1.82, 2.24) is 0 Å². The van der Waals surface area contributed by atoms with Gasteiger partial charge in [0.15, 0.2) is 6.61 Å². The van der Waals surface area contributed by atoms with E-state index in [1.54, 1.807) is 20.8 Å². The zero-order valence-corrected chi connectivity index (χ0v) is 13.0. The van der Waals surface area contributed by atoms with E-state index < -0.39 is 13.7 Å². The monoisotopic (exact) mass is 270 g/mol. The molecule has 0 aliphatic carbocycles. The number of ether oxygens (including phenoxy) is 1. The van der Waals surface area contributed by atoms with Gasteiger partial charge in [-0.25, -0.2) is 0 Å². The zero-order chi connectivity index (χ0) is 14.4. The van der Waals surface area contributed by atoms with Gasteiger partial charge in [0.25, 0.3) is 0 Å². The number of hydrogen-bond donors (Lipinski definition) is 0. The second-order valence-corrected chi connectivity index (χ2v) is 10.4. The molecule has 0 saturated carbocycles. The lowest BCUT2D eigenvalue weighted by molar-refractivity contribution is -0.151. The van der Waals surface area contributed by atoms with E-state index in [9.17, 15) is 9.59 Å². The largest absolute Gasteiger partial charge is 0.519 e. The summed E-state index contributed by atoms with van der Waals surface area (Å²) in [6.07, 6.45) is 0.0390. The molecule has 0 bridgehead atoms. The lowest BCUT2D eigenvalue weighted by Crippen LogP contribution is -2.28. The predicted octanol–water partition coefficient (Wildman–Crippen LogP) is 2.35. The normalized spacial score (nSPS) is 11.2. The van der Waals surface area contributed by atoms with Crippen LogP contribution in [-0.4, -0.2) is 26.9 Å². The first-order valence-corrected chi connectivity index (χ1v) is 9.28. The lowest BCUT2D eigenvalue weighted by atomic mass is 9.97. The van der Waals surface area contributed by atoms with Crippen LogP contribution >= 0.6 is 0 Å². The Kier molecular flexibility index (Phi) is 6.13. The molecule has 0 saturated heterocycles. The maximum atomic E-state index is 11.4. The molecule has 0 amide bonds. The molecular formula is C13H22O4Si. The third-order valence-electron chi connectivity index (χ3n) is 1.67. The van der Waals surface area contributed by atoms with Crippen molar-refractivity contribution in [3.63, 3.8) is 0 Å². The van der Waals surface area contributed by atoms with Crippen LogP contribution in [-0.2, 0) is 18.8 Å². The van der Waals surface area contributed by atoms with Gasteiger partial charge in [0.05, 0.1) is 5.41 Å². The zero-order valence-electron chi connectivity index (χ0n) is 12.0. The Bertz CT molecular complexity index is 363. The molecule has 0 fully saturated rings. The van der Waals surface area contributed by atoms with Crippen LogP contribution in [0.5, 0.6) is 0 Å². The molecule has 0 heterocycles. The van der Waals surface area contributed by atoms with Crippen LogP contribution in [0.3, 0.4) is 0 Å². The predicted molar refractivity (Wildman–Crippen MR) is 72.2 cm³/mol. The smallest absolute Gasteiger partial charge is 0.312 e. The Morgan fingerprint density at radius 3 is 2.11 bits per heavy atom. The van der Waals surface area contributed by atoms with Gasteiger partial charge in [-0.15, -0.1) is 0 Å². The fourth-order valence-corrected chi connectivity index (χ4v) is 1.64. The molecule has 0 aromatic rings. The summed E-state index contributed by atoms with van der Waals surface area (Å²) in [5.41, 5.74) is -0.529. The number of rotatable bonds is 3. The molecule has 0 aromatic heterocycles. The molecule has 4 nitrogen and oxygen atoms in total. The fourth-order valence-electron chi connectivity index (χ4n) is 0.881. The molecule has 0 rings (SSSR count). The first kappa shape index (κ1) is 16.7. The average Bonchev–Trinajstić information content (AvgIpc) is 2.12. The maximum Gasteiger partial charge on any atom is 0.312 e. The van der Waals surface area contributed by atoms with Gasteiger partial charge in [-0.3, -0.25) is 9.59 Å². The topological polar surface area (TPSA) is 52.6 Å². The summed E-state index contributed by atoms with van der Waals surface area (Å²) in [5.74, 6) is 4.64. The molecule has 0 atom stereocenters. The second kappa shape index (κ2) is 6.60. The van der Waals surface area contributed by atoms with Crippen LogP contribution < -0.4 is 0 Å². The Labute approximate surface area is 110 Å². The standard InChI is InChI=1S/C13H22O4Si/c1-13(2,3)12(15)16-10-8-7-9-11(14)17-18(4,5)6/h9-10H2,1-6H3. The first-order chi connectivity index (χ1) is 8.02.